The molecule has 5 nitrogen and oxygen atoms in total. The molecule has 2 N–H and O–H groups in total. The van der Waals surface area contributed by atoms with Crippen LogP contribution in [0.25, 0.3) is 0 Å². The van der Waals surface area contributed by atoms with Gasteiger partial charge in [0.1, 0.15) is 22.8 Å². The predicted octanol–water partition coefficient (Wildman–Crippen LogP) is 1.89. The molecule has 0 radical (unpaired) electrons. The molecule has 0 aromatic carbocycles. The number of hydrogen-bond acceptors (Lipinski definition) is 5. The van der Waals surface area contributed by atoms with E-state index >= 15 is 0 Å². The fourth-order valence-corrected chi connectivity index (χ4v) is 1.44. The first-order valence-corrected chi connectivity index (χ1v) is 5.72. The van der Waals surface area contributed by atoms with E-state index in [0.29, 0.717) is 5.92 Å². The Labute approximate surface area is 100 Å². The molecule has 1 aliphatic rings. The van der Waals surface area contributed by atoms with Crippen molar-refractivity contribution in [1.29, 1.82) is 0 Å². The highest BCUT2D eigenvalue weighted by Crippen LogP contribution is 2.38. The SMILES string of the molecule is CC(C)(C)OC(=O)c1cnc(C2CC2)nc1N. The van der Waals surface area contributed by atoms with Crippen LogP contribution in [0.2, 0.25) is 0 Å². The number of ether oxygens (including phenoxy) is 1. The minimum Gasteiger partial charge on any atom is -0.456 e. The van der Waals surface area contributed by atoms with Crippen LogP contribution < -0.4 is 5.73 Å². The van der Waals surface area contributed by atoms with Crippen LogP contribution in [0.5, 0.6) is 0 Å². The van der Waals surface area contributed by atoms with Crippen LogP contribution >= 0.6 is 0 Å². The molecular weight excluding hydrogens is 218 g/mol. The molecule has 0 atom stereocenters. The van der Waals surface area contributed by atoms with E-state index < -0.39 is 11.6 Å². The molecule has 1 saturated carbocycles. The third-order valence-corrected chi connectivity index (χ3v) is 2.40. The molecule has 17 heavy (non-hydrogen) atoms. The van der Waals surface area contributed by atoms with Crippen molar-refractivity contribution in [2.24, 2.45) is 0 Å². The van der Waals surface area contributed by atoms with Crippen LogP contribution in [0.15, 0.2) is 6.20 Å². The summed E-state index contributed by atoms with van der Waals surface area (Å²) >= 11 is 0. The summed E-state index contributed by atoms with van der Waals surface area (Å²) in [6.07, 6.45) is 3.67. The van der Waals surface area contributed by atoms with E-state index in [1.165, 1.54) is 6.20 Å². The first-order valence-electron chi connectivity index (χ1n) is 5.72. The number of nitrogen functional groups attached to an aromatic ring is 1. The first-order chi connectivity index (χ1) is 7.87. The third-order valence-electron chi connectivity index (χ3n) is 2.40. The van der Waals surface area contributed by atoms with E-state index in [1.807, 2.05) is 0 Å². The van der Waals surface area contributed by atoms with Gasteiger partial charge in [0.2, 0.25) is 0 Å². The minimum absolute atomic E-state index is 0.205. The van der Waals surface area contributed by atoms with E-state index in [0.717, 1.165) is 18.7 Å². The quantitative estimate of drug-likeness (QED) is 0.792. The highest BCUT2D eigenvalue weighted by molar-refractivity contribution is 5.93. The lowest BCUT2D eigenvalue weighted by Gasteiger charge is -2.19. The lowest BCUT2D eigenvalue weighted by atomic mass is 10.2. The summed E-state index contributed by atoms with van der Waals surface area (Å²) in [7, 11) is 0. The van der Waals surface area contributed by atoms with Crippen LogP contribution in [-0.2, 0) is 4.74 Å². The summed E-state index contributed by atoms with van der Waals surface area (Å²) in [5.41, 5.74) is 5.45. The maximum Gasteiger partial charge on any atom is 0.344 e. The van der Waals surface area contributed by atoms with Gasteiger partial charge in [0.25, 0.3) is 0 Å². The molecule has 1 fully saturated rings. The number of anilines is 1. The van der Waals surface area contributed by atoms with E-state index in [4.69, 9.17) is 10.5 Å². The number of carbonyl (C=O) groups excluding carboxylic acids is 1. The summed E-state index contributed by atoms with van der Waals surface area (Å²) in [6.45, 7) is 5.42. The van der Waals surface area contributed by atoms with Crippen molar-refractivity contribution in [3.63, 3.8) is 0 Å². The summed E-state index contributed by atoms with van der Waals surface area (Å²) in [4.78, 5) is 20.1. The molecule has 0 bridgehead atoms. The monoisotopic (exact) mass is 235 g/mol. The van der Waals surface area contributed by atoms with Crippen molar-refractivity contribution in [3.05, 3.63) is 17.6 Å². The number of esters is 1. The number of aromatic nitrogens is 2. The number of rotatable bonds is 2. The van der Waals surface area contributed by atoms with Crippen molar-refractivity contribution in [2.75, 3.05) is 5.73 Å². The summed E-state index contributed by atoms with van der Waals surface area (Å²) in [6, 6.07) is 0. The van der Waals surface area contributed by atoms with E-state index in [9.17, 15) is 4.79 Å². The van der Waals surface area contributed by atoms with E-state index in [1.54, 1.807) is 20.8 Å². The van der Waals surface area contributed by atoms with Gasteiger partial charge < -0.3 is 10.5 Å². The standard InChI is InChI=1S/C12H17N3O2/c1-12(2,3)17-11(16)8-6-14-10(7-4-5-7)15-9(8)13/h6-7H,4-5H2,1-3H3,(H2,13,14,15). The second kappa shape index (κ2) is 3.98. The predicted molar refractivity (Wildman–Crippen MR) is 63.6 cm³/mol. The highest BCUT2D eigenvalue weighted by Gasteiger charge is 2.28. The van der Waals surface area contributed by atoms with Crippen molar-refractivity contribution >= 4 is 11.8 Å². The van der Waals surface area contributed by atoms with Gasteiger partial charge in [-0.1, -0.05) is 0 Å². The average Bonchev–Trinajstić information content (AvgIpc) is 2.97. The second-order valence-corrected chi connectivity index (χ2v) is 5.30. The molecule has 0 unspecified atom stereocenters. The molecule has 2 rings (SSSR count). The van der Waals surface area contributed by atoms with Crippen LogP contribution in [0.1, 0.15) is 55.7 Å². The molecule has 1 aromatic heterocycles. The Hall–Kier alpha value is -1.65. The summed E-state index contributed by atoms with van der Waals surface area (Å²) < 4.78 is 5.22. The average molecular weight is 235 g/mol. The van der Waals surface area contributed by atoms with E-state index in [2.05, 4.69) is 9.97 Å². The Bertz CT molecular complexity index is 448. The molecule has 1 aliphatic carbocycles. The van der Waals surface area contributed by atoms with Gasteiger partial charge in [0.15, 0.2) is 0 Å². The zero-order valence-electron chi connectivity index (χ0n) is 10.4. The van der Waals surface area contributed by atoms with Crippen molar-refractivity contribution in [1.82, 2.24) is 9.97 Å². The van der Waals surface area contributed by atoms with Crippen molar-refractivity contribution in [2.45, 2.75) is 45.1 Å². The molecule has 0 saturated heterocycles. The zero-order chi connectivity index (χ0) is 12.6. The lowest BCUT2D eigenvalue weighted by molar-refractivity contribution is 0.00699. The topological polar surface area (TPSA) is 78.1 Å². The van der Waals surface area contributed by atoms with Crippen LogP contribution in [0.4, 0.5) is 5.82 Å². The maximum absolute atomic E-state index is 11.8. The zero-order valence-corrected chi connectivity index (χ0v) is 10.4. The van der Waals surface area contributed by atoms with Gasteiger partial charge in [-0.05, 0) is 33.6 Å². The number of carbonyl (C=O) groups is 1. The molecular formula is C12H17N3O2. The van der Waals surface area contributed by atoms with Gasteiger partial charge in [-0.2, -0.15) is 0 Å². The van der Waals surface area contributed by atoms with E-state index in [-0.39, 0.29) is 11.4 Å². The number of nitrogens with zero attached hydrogens (tertiary/aromatic N) is 2. The summed E-state index contributed by atoms with van der Waals surface area (Å²) in [5.74, 6) is 0.883. The fourth-order valence-electron chi connectivity index (χ4n) is 1.44. The normalized spacial score (nSPS) is 15.7. The molecule has 0 amide bonds. The van der Waals surface area contributed by atoms with Gasteiger partial charge >= 0.3 is 5.97 Å². The molecule has 1 aromatic rings. The molecule has 5 heteroatoms. The Balaban J connectivity index is 2.18. The van der Waals surface area contributed by atoms with Crippen LogP contribution in [0, 0.1) is 0 Å². The Kier molecular flexibility index (Phi) is 2.77. The smallest absolute Gasteiger partial charge is 0.344 e. The Morgan fingerprint density at radius 3 is 2.59 bits per heavy atom. The fraction of sp³-hybridized carbons (Fsp3) is 0.583. The van der Waals surface area contributed by atoms with Gasteiger partial charge in [0, 0.05) is 12.1 Å². The molecule has 0 aliphatic heterocycles. The number of hydrogen-bond donors (Lipinski definition) is 1. The minimum atomic E-state index is -0.543. The summed E-state index contributed by atoms with van der Waals surface area (Å²) in [5, 5.41) is 0. The van der Waals surface area contributed by atoms with Crippen LogP contribution in [0.3, 0.4) is 0 Å². The highest BCUT2D eigenvalue weighted by atomic mass is 16.6. The van der Waals surface area contributed by atoms with Gasteiger partial charge in [0.05, 0.1) is 0 Å². The van der Waals surface area contributed by atoms with Gasteiger partial charge in [-0.3, -0.25) is 0 Å². The lowest BCUT2D eigenvalue weighted by Crippen LogP contribution is -2.25. The molecule has 1 heterocycles. The van der Waals surface area contributed by atoms with Gasteiger partial charge in [-0.15, -0.1) is 0 Å². The second-order valence-electron chi connectivity index (χ2n) is 5.30. The molecule has 0 spiro atoms. The van der Waals surface area contributed by atoms with Crippen molar-refractivity contribution < 1.29 is 9.53 Å². The maximum atomic E-state index is 11.8. The largest absolute Gasteiger partial charge is 0.456 e. The molecule has 92 valence electrons. The first kappa shape index (κ1) is 11.8. The Morgan fingerprint density at radius 1 is 1.47 bits per heavy atom. The third kappa shape index (κ3) is 2.93. The number of nitrogens with two attached hydrogens (primary N) is 1. The Morgan fingerprint density at radius 2 is 2.12 bits per heavy atom. The van der Waals surface area contributed by atoms with Crippen LogP contribution in [-0.4, -0.2) is 21.5 Å². The van der Waals surface area contributed by atoms with Gasteiger partial charge in [-0.25, -0.2) is 14.8 Å². The van der Waals surface area contributed by atoms with Crippen molar-refractivity contribution in [3.8, 4) is 0 Å².